The van der Waals surface area contributed by atoms with Crippen LogP contribution < -0.4 is 0 Å². The Kier molecular flexibility index (Phi) is 8.25. The minimum Gasteiger partial charge on any atom is -0.466 e. The first-order valence-corrected chi connectivity index (χ1v) is 11.3. The molecule has 0 radical (unpaired) electrons. The van der Waals surface area contributed by atoms with Crippen LogP contribution in [0.2, 0.25) is 0 Å². The van der Waals surface area contributed by atoms with E-state index in [0.29, 0.717) is 39.5 Å². The number of unbranched alkanes of at least 4 members (excludes halogenated alkanes) is 1. The van der Waals surface area contributed by atoms with Crippen LogP contribution in [0.4, 0.5) is 0 Å². The summed E-state index contributed by atoms with van der Waals surface area (Å²) in [5, 5.41) is 0.142. The van der Waals surface area contributed by atoms with Gasteiger partial charge in [0.15, 0.2) is 0 Å². The minimum atomic E-state index is -3.38. The van der Waals surface area contributed by atoms with Crippen LogP contribution in [0.3, 0.4) is 0 Å². The van der Waals surface area contributed by atoms with Gasteiger partial charge < -0.3 is 14.0 Å². The number of hydrogen-bond donors (Lipinski definition) is 0. The summed E-state index contributed by atoms with van der Waals surface area (Å²) in [5.41, 5.74) is 0.853. The van der Waals surface area contributed by atoms with E-state index in [-0.39, 0.29) is 29.3 Å². The lowest BCUT2D eigenvalue weighted by Gasteiger charge is -2.35. The van der Waals surface area contributed by atoms with Crippen molar-refractivity contribution in [3.8, 4) is 0 Å². The molecule has 1 aromatic rings. The summed E-state index contributed by atoms with van der Waals surface area (Å²) in [7, 11) is -3.38. The molecule has 2 rings (SSSR count). The molecular formula is C18H31N3O5S. The van der Waals surface area contributed by atoms with E-state index in [2.05, 4.69) is 16.8 Å². The number of hydrogen-bond acceptors (Lipinski definition) is 7. The summed E-state index contributed by atoms with van der Waals surface area (Å²) in [4.78, 5) is 18.3. The third-order valence-electron chi connectivity index (χ3n) is 4.72. The Balaban J connectivity index is 2.21. The van der Waals surface area contributed by atoms with E-state index < -0.39 is 9.84 Å². The number of sulfone groups is 1. The number of esters is 1. The van der Waals surface area contributed by atoms with E-state index in [9.17, 15) is 13.2 Å². The van der Waals surface area contributed by atoms with Gasteiger partial charge in [-0.05, 0) is 13.3 Å². The number of imidazole rings is 1. The van der Waals surface area contributed by atoms with Crippen LogP contribution in [0.15, 0.2) is 11.4 Å². The predicted molar refractivity (Wildman–Crippen MR) is 101 cm³/mol. The third kappa shape index (κ3) is 5.76. The van der Waals surface area contributed by atoms with Crippen LogP contribution in [0, 0.1) is 0 Å². The molecule has 0 aromatic carbocycles. The minimum absolute atomic E-state index is 0.0264. The molecule has 0 bridgehead atoms. The smallest absolute Gasteiger partial charge is 0.307 e. The van der Waals surface area contributed by atoms with Crippen molar-refractivity contribution >= 4 is 15.8 Å². The molecule has 1 aliphatic rings. The van der Waals surface area contributed by atoms with Crippen molar-refractivity contribution in [2.75, 3.05) is 32.1 Å². The van der Waals surface area contributed by atoms with E-state index in [1.807, 2.05) is 4.57 Å². The van der Waals surface area contributed by atoms with Crippen LogP contribution in [-0.2, 0) is 37.2 Å². The molecule has 8 nitrogen and oxygen atoms in total. The standard InChI is InChI=1S/C18H31N3O5S/c1-4-7-8-21-16(12-19-18(21)27(23,24)6-3)13-20-9-10-25-14-15(20)11-17(22)26-5-2/h12,15H,4-11,13-14H2,1-3H3/t15-/m1/s1. The van der Waals surface area contributed by atoms with Crippen LogP contribution in [0.1, 0.15) is 45.7 Å². The summed E-state index contributed by atoms with van der Waals surface area (Å²) in [6.07, 6.45) is 3.75. The first-order chi connectivity index (χ1) is 12.9. The average molecular weight is 402 g/mol. The monoisotopic (exact) mass is 401 g/mol. The molecule has 154 valence electrons. The van der Waals surface area contributed by atoms with Crippen LogP contribution in [0.5, 0.6) is 0 Å². The lowest BCUT2D eigenvalue weighted by atomic mass is 10.1. The summed E-state index contributed by atoms with van der Waals surface area (Å²) < 4.78 is 37.2. The Morgan fingerprint density at radius 3 is 2.81 bits per heavy atom. The number of carbonyl (C=O) groups is 1. The highest BCUT2D eigenvalue weighted by molar-refractivity contribution is 7.91. The number of carbonyl (C=O) groups excluding carboxylic acids is 1. The molecule has 1 atom stereocenters. The molecule has 27 heavy (non-hydrogen) atoms. The molecule has 0 amide bonds. The molecule has 9 heteroatoms. The van der Waals surface area contributed by atoms with E-state index in [1.165, 1.54) is 0 Å². The summed E-state index contributed by atoms with van der Waals surface area (Å²) in [5.74, 6) is -0.217. The second-order valence-electron chi connectivity index (χ2n) is 6.65. The van der Waals surface area contributed by atoms with Crippen molar-refractivity contribution in [2.45, 2.75) is 64.3 Å². The number of nitrogens with zero attached hydrogens (tertiary/aromatic N) is 3. The van der Waals surface area contributed by atoms with Gasteiger partial charge in [0.1, 0.15) is 0 Å². The number of rotatable bonds is 10. The highest BCUT2D eigenvalue weighted by atomic mass is 32.2. The van der Waals surface area contributed by atoms with Gasteiger partial charge in [-0.1, -0.05) is 20.3 Å². The average Bonchev–Trinajstić information content (AvgIpc) is 3.05. The summed E-state index contributed by atoms with van der Waals surface area (Å²) in [6.45, 7) is 8.72. The molecule has 0 aliphatic carbocycles. The molecule has 1 aliphatic heterocycles. The lowest BCUT2D eigenvalue weighted by Crippen LogP contribution is -2.46. The fraction of sp³-hybridized carbons (Fsp3) is 0.778. The van der Waals surface area contributed by atoms with E-state index in [0.717, 1.165) is 18.5 Å². The number of aromatic nitrogens is 2. The largest absolute Gasteiger partial charge is 0.466 e. The first kappa shape index (κ1) is 21.8. The van der Waals surface area contributed by atoms with Gasteiger partial charge in [-0.3, -0.25) is 9.69 Å². The molecule has 0 spiro atoms. The van der Waals surface area contributed by atoms with Gasteiger partial charge in [-0.2, -0.15) is 0 Å². The zero-order valence-electron chi connectivity index (χ0n) is 16.5. The van der Waals surface area contributed by atoms with Crippen molar-refractivity contribution in [1.29, 1.82) is 0 Å². The van der Waals surface area contributed by atoms with Crippen molar-refractivity contribution in [1.82, 2.24) is 14.5 Å². The maximum absolute atomic E-state index is 12.4. The van der Waals surface area contributed by atoms with Crippen LogP contribution in [-0.4, -0.2) is 67.0 Å². The van der Waals surface area contributed by atoms with Gasteiger partial charge in [0, 0.05) is 25.7 Å². The summed E-state index contributed by atoms with van der Waals surface area (Å²) >= 11 is 0. The number of morpholine rings is 1. The normalized spacial score (nSPS) is 18.6. The molecule has 1 saturated heterocycles. The molecular weight excluding hydrogens is 370 g/mol. The Morgan fingerprint density at radius 1 is 1.37 bits per heavy atom. The molecule has 2 heterocycles. The van der Waals surface area contributed by atoms with Crippen LogP contribution in [0.25, 0.3) is 0 Å². The van der Waals surface area contributed by atoms with Crippen molar-refractivity contribution in [3.05, 3.63) is 11.9 Å². The van der Waals surface area contributed by atoms with E-state index in [1.54, 1.807) is 20.0 Å². The fourth-order valence-corrected chi connectivity index (χ4v) is 4.17. The topological polar surface area (TPSA) is 90.7 Å². The van der Waals surface area contributed by atoms with Crippen molar-refractivity contribution < 1.29 is 22.7 Å². The first-order valence-electron chi connectivity index (χ1n) is 9.67. The van der Waals surface area contributed by atoms with Crippen LogP contribution >= 0.6 is 0 Å². The van der Waals surface area contributed by atoms with Gasteiger partial charge >= 0.3 is 5.97 Å². The molecule has 1 aromatic heterocycles. The van der Waals surface area contributed by atoms with Gasteiger partial charge in [-0.25, -0.2) is 13.4 Å². The fourth-order valence-electron chi connectivity index (χ4n) is 3.16. The van der Waals surface area contributed by atoms with E-state index >= 15 is 0 Å². The zero-order chi connectivity index (χ0) is 19.9. The lowest BCUT2D eigenvalue weighted by molar-refractivity contribution is -0.146. The van der Waals surface area contributed by atoms with Gasteiger partial charge in [-0.15, -0.1) is 0 Å². The second kappa shape index (κ2) is 10.2. The van der Waals surface area contributed by atoms with Crippen molar-refractivity contribution in [2.24, 2.45) is 0 Å². The maximum atomic E-state index is 12.4. The van der Waals surface area contributed by atoms with Gasteiger partial charge in [0.05, 0.1) is 43.9 Å². The second-order valence-corrected chi connectivity index (χ2v) is 8.82. The highest BCUT2D eigenvalue weighted by Crippen LogP contribution is 2.20. The zero-order valence-corrected chi connectivity index (χ0v) is 17.3. The SMILES string of the molecule is CCCCn1c(CN2CCOC[C@H]2CC(=O)OCC)cnc1S(=O)(=O)CC. The number of ether oxygens (including phenoxy) is 2. The predicted octanol–water partition coefficient (Wildman–Crippen LogP) is 1.63. The molecule has 0 N–H and O–H groups in total. The highest BCUT2D eigenvalue weighted by Gasteiger charge is 2.28. The van der Waals surface area contributed by atoms with Crippen molar-refractivity contribution in [3.63, 3.8) is 0 Å². The van der Waals surface area contributed by atoms with E-state index in [4.69, 9.17) is 9.47 Å². The Labute approximate surface area is 161 Å². The Hall–Kier alpha value is -1.45. The quantitative estimate of drug-likeness (QED) is 0.550. The third-order valence-corrected chi connectivity index (χ3v) is 6.36. The molecule has 0 saturated carbocycles. The molecule has 0 unspecified atom stereocenters. The van der Waals surface area contributed by atoms with Gasteiger partial charge in [0.25, 0.3) is 0 Å². The molecule has 1 fully saturated rings. The summed E-state index contributed by atoms with van der Waals surface area (Å²) in [6, 6.07) is -0.0847. The Morgan fingerprint density at radius 2 is 2.15 bits per heavy atom. The Bertz CT molecular complexity index is 717. The van der Waals surface area contributed by atoms with Gasteiger partial charge in [0.2, 0.25) is 15.0 Å². The maximum Gasteiger partial charge on any atom is 0.307 e.